The van der Waals surface area contributed by atoms with Crippen molar-refractivity contribution in [1.29, 1.82) is 0 Å². The SMILES string of the molecule is C=CC1CCC2CC(c3cc(F)c(-c4ccc(OC(F)F)c(F)c4)c(F)c3)CCC2C1. The maximum Gasteiger partial charge on any atom is 0.387 e. The molecule has 4 atom stereocenters. The van der Waals surface area contributed by atoms with Gasteiger partial charge in [0, 0.05) is 0 Å². The van der Waals surface area contributed by atoms with Gasteiger partial charge in [0.2, 0.25) is 0 Å². The monoisotopic (exact) mass is 436 g/mol. The zero-order valence-corrected chi connectivity index (χ0v) is 17.1. The van der Waals surface area contributed by atoms with Gasteiger partial charge in [0.1, 0.15) is 11.6 Å². The van der Waals surface area contributed by atoms with Crippen molar-refractivity contribution in [2.75, 3.05) is 0 Å². The first-order valence-corrected chi connectivity index (χ1v) is 10.7. The Hall–Kier alpha value is -2.37. The molecule has 0 amide bonds. The molecule has 0 N–H and O–H groups in total. The van der Waals surface area contributed by atoms with Crippen molar-refractivity contribution in [2.24, 2.45) is 17.8 Å². The lowest BCUT2D eigenvalue weighted by Gasteiger charge is -2.41. The number of rotatable bonds is 5. The largest absolute Gasteiger partial charge is 0.432 e. The van der Waals surface area contributed by atoms with Crippen LogP contribution in [0, 0.1) is 35.2 Å². The highest BCUT2D eigenvalue weighted by atomic mass is 19.3. The number of hydrogen-bond acceptors (Lipinski definition) is 1. The summed E-state index contributed by atoms with van der Waals surface area (Å²) in [4.78, 5) is 0. The van der Waals surface area contributed by atoms with Gasteiger partial charge in [-0.15, -0.1) is 6.58 Å². The van der Waals surface area contributed by atoms with E-state index in [4.69, 9.17) is 0 Å². The average Bonchev–Trinajstić information content (AvgIpc) is 2.74. The van der Waals surface area contributed by atoms with Crippen molar-refractivity contribution >= 4 is 0 Å². The Balaban J connectivity index is 1.54. The van der Waals surface area contributed by atoms with Crippen LogP contribution >= 0.6 is 0 Å². The zero-order valence-electron chi connectivity index (χ0n) is 17.1. The second kappa shape index (κ2) is 9.01. The van der Waals surface area contributed by atoms with Crippen molar-refractivity contribution in [3.63, 3.8) is 0 Å². The number of ether oxygens (including phenoxy) is 1. The molecule has 0 saturated heterocycles. The molecule has 0 aromatic heterocycles. The van der Waals surface area contributed by atoms with Gasteiger partial charge in [-0.2, -0.15) is 8.78 Å². The van der Waals surface area contributed by atoms with Crippen LogP contribution in [0.5, 0.6) is 5.75 Å². The van der Waals surface area contributed by atoms with E-state index in [1.165, 1.54) is 18.2 Å². The first-order valence-electron chi connectivity index (χ1n) is 10.7. The van der Waals surface area contributed by atoms with Crippen LogP contribution in [0.3, 0.4) is 0 Å². The first kappa shape index (κ1) is 21.8. The highest BCUT2D eigenvalue weighted by molar-refractivity contribution is 5.66. The molecule has 0 heterocycles. The Morgan fingerprint density at radius 1 is 0.871 bits per heavy atom. The van der Waals surface area contributed by atoms with E-state index in [-0.39, 0.29) is 17.0 Å². The second-order valence-electron chi connectivity index (χ2n) is 8.72. The van der Waals surface area contributed by atoms with Gasteiger partial charge in [-0.25, -0.2) is 13.2 Å². The summed E-state index contributed by atoms with van der Waals surface area (Å²) in [6, 6.07) is 5.60. The van der Waals surface area contributed by atoms with Gasteiger partial charge in [0.15, 0.2) is 11.6 Å². The van der Waals surface area contributed by atoms with E-state index >= 15 is 0 Å². The molecule has 31 heavy (non-hydrogen) atoms. The molecule has 4 rings (SSSR count). The topological polar surface area (TPSA) is 9.23 Å². The summed E-state index contributed by atoms with van der Waals surface area (Å²) in [6.07, 6.45) is 8.28. The van der Waals surface area contributed by atoms with Crippen LogP contribution in [0.4, 0.5) is 22.0 Å². The summed E-state index contributed by atoms with van der Waals surface area (Å²) in [7, 11) is 0. The molecule has 2 aliphatic rings. The first-order chi connectivity index (χ1) is 14.9. The van der Waals surface area contributed by atoms with Crippen LogP contribution in [0.2, 0.25) is 0 Å². The highest BCUT2D eigenvalue weighted by Gasteiger charge is 2.35. The van der Waals surface area contributed by atoms with E-state index in [1.54, 1.807) is 0 Å². The third-order valence-corrected chi connectivity index (χ3v) is 6.96. The highest BCUT2D eigenvalue weighted by Crippen LogP contribution is 2.48. The Morgan fingerprint density at radius 3 is 2.19 bits per heavy atom. The van der Waals surface area contributed by atoms with Crippen LogP contribution < -0.4 is 4.74 Å². The van der Waals surface area contributed by atoms with E-state index in [9.17, 15) is 22.0 Å². The van der Waals surface area contributed by atoms with Crippen LogP contribution in [-0.4, -0.2) is 6.61 Å². The summed E-state index contributed by atoms with van der Waals surface area (Å²) in [5, 5.41) is 0. The number of allylic oxidation sites excluding steroid dienone is 1. The molecule has 166 valence electrons. The summed E-state index contributed by atoms with van der Waals surface area (Å²) in [6.45, 7) is 0.728. The summed E-state index contributed by atoms with van der Waals surface area (Å²) >= 11 is 0. The normalized spacial score (nSPS) is 25.9. The third-order valence-electron chi connectivity index (χ3n) is 6.96. The molecule has 4 unspecified atom stereocenters. The van der Waals surface area contributed by atoms with Gasteiger partial charge < -0.3 is 4.74 Å². The lowest BCUT2D eigenvalue weighted by molar-refractivity contribution is -0.0521. The van der Waals surface area contributed by atoms with Crippen LogP contribution in [0.1, 0.15) is 50.0 Å². The van der Waals surface area contributed by atoms with E-state index in [0.717, 1.165) is 50.7 Å². The number of benzene rings is 2. The van der Waals surface area contributed by atoms with Crippen LogP contribution in [0.15, 0.2) is 43.0 Å². The lowest BCUT2D eigenvalue weighted by atomic mass is 9.64. The van der Waals surface area contributed by atoms with Crippen molar-refractivity contribution in [2.45, 2.75) is 51.1 Å². The molecule has 1 nitrogen and oxygen atoms in total. The molecule has 2 fully saturated rings. The molecule has 2 saturated carbocycles. The van der Waals surface area contributed by atoms with Gasteiger partial charge >= 0.3 is 6.61 Å². The Kier molecular flexibility index (Phi) is 6.35. The maximum absolute atomic E-state index is 14.9. The zero-order chi connectivity index (χ0) is 22.1. The molecule has 2 aliphatic carbocycles. The van der Waals surface area contributed by atoms with Gasteiger partial charge in [-0.3, -0.25) is 0 Å². The van der Waals surface area contributed by atoms with Crippen LogP contribution in [0.25, 0.3) is 11.1 Å². The molecule has 2 aromatic carbocycles. The molecule has 0 spiro atoms. The lowest BCUT2D eigenvalue weighted by Crippen LogP contribution is -2.30. The molecular formula is C25H25F5O. The van der Waals surface area contributed by atoms with Crippen molar-refractivity contribution in [3.8, 4) is 16.9 Å². The van der Waals surface area contributed by atoms with Gasteiger partial charge in [0.05, 0.1) is 5.56 Å². The van der Waals surface area contributed by atoms with Crippen LogP contribution in [-0.2, 0) is 0 Å². The van der Waals surface area contributed by atoms with Crippen molar-refractivity contribution < 1.29 is 26.7 Å². The number of alkyl halides is 2. The fourth-order valence-corrected chi connectivity index (χ4v) is 5.39. The van der Waals surface area contributed by atoms with Gasteiger partial charge in [0.25, 0.3) is 0 Å². The average molecular weight is 436 g/mol. The Labute approximate surface area is 178 Å². The molecule has 0 radical (unpaired) electrons. The molecule has 2 aromatic rings. The number of hydrogen-bond donors (Lipinski definition) is 0. The molecule has 6 heteroatoms. The Bertz CT molecular complexity index is 934. The predicted molar refractivity (Wildman–Crippen MR) is 109 cm³/mol. The summed E-state index contributed by atoms with van der Waals surface area (Å²) in [5.74, 6) is -1.45. The molecular weight excluding hydrogens is 411 g/mol. The predicted octanol–water partition coefficient (Wildman–Crippen LogP) is 7.86. The van der Waals surface area contributed by atoms with Crippen molar-refractivity contribution in [1.82, 2.24) is 0 Å². The molecule has 0 aliphatic heterocycles. The van der Waals surface area contributed by atoms with E-state index in [2.05, 4.69) is 11.3 Å². The Morgan fingerprint density at radius 2 is 1.55 bits per heavy atom. The fraction of sp³-hybridized carbons (Fsp3) is 0.440. The fourth-order valence-electron chi connectivity index (χ4n) is 5.39. The van der Waals surface area contributed by atoms with Gasteiger partial charge in [-0.1, -0.05) is 12.1 Å². The minimum atomic E-state index is -3.19. The van der Waals surface area contributed by atoms with E-state index < -0.39 is 29.8 Å². The third kappa shape index (κ3) is 4.63. The van der Waals surface area contributed by atoms with Crippen molar-refractivity contribution in [3.05, 3.63) is 66.0 Å². The minimum Gasteiger partial charge on any atom is -0.432 e. The smallest absolute Gasteiger partial charge is 0.387 e. The quantitative estimate of drug-likeness (QED) is 0.342. The molecule has 0 bridgehead atoms. The number of fused-ring (bicyclic) bond motifs is 1. The number of halogens is 5. The van der Waals surface area contributed by atoms with Gasteiger partial charge in [-0.05, 0) is 97.6 Å². The standard InChI is InChI=1S/C25H25F5O/c1-2-14-3-4-16-10-17(6-5-15(16)9-14)19-12-21(27)24(22(28)13-19)18-7-8-23(20(26)11-18)31-25(29)30/h2,7-8,11-17,25H,1,3-6,9-10H2. The summed E-state index contributed by atoms with van der Waals surface area (Å²) in [5.41, 5.74) is 0.194. The van der Waals surface area contributed by atoms with E-state index in [1.807, 2.05) is 6.08 Å². The summed E-state index contributed by atoms with van der Waals surface area (Å²) < 4.78 is 72.5. The van der Waals surface area contributed by atoms with E-state index in [0.29, 0.717) is 23.3 Å². The maximum atomic E-state index is 14.9. The second-order valence-corrected chi connectivity index (χ2v) is 8.72. The minimum absolute atomic E-state index is 0.0629.